The topological polar surface area (TPSA) is 131 Å². The van der Waals surface area contributed by atoms with Gasteiger partial charge in [-0.2, -0.15) is 9.29 Å². The first kappa shape index (κ1) is 23.3. The molecule has 10 nitrogen and oxygen atoms in total. The lowest BCUT2D eigenvalue weighted by molar-refractivity contribution is 0.102. The summed E-state index contributed by atoms with van der Waals surface area (Å²) in [5.41, 5.74) is 0.895. The summed E-state index contributed by atoms with van der Waals surface area (Å²) in [6, 6.07) is 13.1. The Morgan fingerprint density at radius 2 is 1.85 bits per heavy atom. The van der Waals surface area contributed by atoms with Gasteiger partial charge in [-0.25, -0.2) is 8.42 Å². The van der Waals surface area contributed by atoms with E-state index in [1.54, 1.807) is 36.4 Å². The molecule has 33 heavy (non-hydrogen) atoms. The van der Waals surface area contributed by atoms with Crippen LogP contribution in [0.2, 0.25) is 10.0 Å². The number of halogens is 2. The first-order valence-electron chi connectivity index (χ1n) is 9.18. The Hall–Kier alpha value is -2.90. The summed E-state index contributed by atoms with van der Waals surface area (Å²) in [4.78, 5) is 16.5. The Morgan fingerprint density at radius 3 is 2.58 bits per heavy atom. The van der Waals surface area contributed by atoms with Crippen LogP contribution in [0, 0.1) is 0 Å². The number of sulfonamides is 1. The third-order valence-electron chi connectivity index (χ3n) is 4.31. The minimum atomic E-state index is -4.03. The van der Waals surface area contributed by atoms with Crippen LogP contribution in [0.15, 0.2) is 57.4 Å². The van der Waals surface area contributed by atoms with Crippen LogP contribution in [0.5, 0.6) is 0 Å². The van der Waals surface area contributed by atoms with Crippen molar-refractivity contribution in [2.24, 2.45) is 0 Å². The lowest BCUT2D eigenvalue weighted by Gasteiger charge is -2.11. The lowest BCUT2D eigenvalue weighted by atomic mass is 10.2. The normalized spacial score (nSPS) is 11.6. The Labute approximate surface area is 202 Å². The zero-order valence-corrected chi connectivity index (χ0v) is 19.9. The first-order valence-corrected chi connectivity index (χ1v) is 12.2. The molecule has 0 aliphatic heterocycles. The minimum absolute atomic E-state index is 0.0284. The summed E-state index contributed by atoms with van der Waals surface area (Å²) in [6.07, 6.45) is 0. The van der Waals surface area contributed by atoms with E-state index in [4.69, 9.17) is 27.7 Å². The maximum atomic E-state index is 12.9. The van der Waals surface area contributed by atoms with Gasteiger partial charge in [-0.05, 0) is 36.4 Å². The number of anilines is 1. The molecule has 2 aromatic carbocycles. The molecule has 170 valence electrons. The number of hydrogen-bond donors (Lipinski definition) is 1. The van der Waals surface area contributed by atoms with Gasteiger partial charge in [0.25, 0.3) is 15.9 Å². The first-order chi connectivity index (χ1) is 15.7. The molecule has 2 aromatic heterocycles. The van der Waals surface area contributed by atoms with Crippen molar-refractivity contribution in [1.82, 2.24) is 24.6 Å². The SMILES string of the molecule is CN(Cc1nc(-c2ccccc2Cl)no1)S(=O)(=O)c1nnc(NC(=O)c2ccc(Cl)cc2)s1. The van der Waals surface area contributed by atoms with E-state index < -0.39 is 15.9 Å². The zero-order valence-electron chi connectivity index (χ0n) is 16.8. The number of rotatable bonds is 7. The van der Waals surface area contributed by atoms with Crippen LogP contribution in [0.25, 0.3) is 11.4 Å². The summed E-state index contributed by atoms with van der Waals surface area (Å²) in [6.45, 7) is -0.203. The summed E-state index contributed by atoms with van der Waals surface area (Å²) in [5.74, 6) is -0.167. The highest BCUT2D eigenvalue weighted by Crippen LogP contribution is 2.27. The number of nitrogens with one attached hydrogen (secondary N) is 1. The third-order valence-corrected chi connectivity index (χ3v) is 7.87. The molecule has 0 aliphatic carbocycles. The van der Waals surface area contributed by atoms with Crippen LogP contribution < -0.4 is 5.32 Å². The smallest absolute Gasteiger partial charge is 0.272 e. The van der Waals surface area contributed by atoms with Crippen molar-refractivity contribution in [2.45, 2.75) is 10.9 Å². The Morgan fingerprint density at radius 1 is 1.12 bits per heavy atom. The summed E-state index contributed by atoms with van der Waals surface area (Å²) in [5, 5.41) is 14.8. The average Bonchev–Trinajstić information content (AvgIpc) is 3.44. The monoisotopic (exact) mass is 524 g/mol. The van der Waals surface area contributed by atoms with Gasteiger partial charge < -0.3 is 4.52 Å². The Balaban J connectivity index is 1.45. The standard InChI is InChI=1S/C19H14Cl2N6O4S2/c1-27(10-15-22-16(26-31-15)13-4-2-3-5-14(13)21)33(29,30)19-25-24-18(32-19)23-17(28)11-6-8-12(20)9-7-11/h2-9H,10H2,1H3,(H,23,24,28). The molecular weight excluding hydrogens is 511 g/mol. The van der Waals surface area contributed by atoms with E-state index in [1.807, 2.05) is 0 Å². The number of benzene rings is 2. The molecule has 14 heteroatoms. The van der Waals surface area contributed by atoms with Gasteiger partial charge in [0.2, 0.25) is 21.2 Å². The molecule has 0 fully saturated rings. The van der Waals surface area contributed by atoms with E-state index in [9.17, 15) is 13.2 Å². The zero-order chi connectivity index (χ0) is 23.6. The second-order valence-corrected chi connectivity index (χ2v) is 10.6. The molecule has 4 aromatic rings. The van der Waals surface area contributed by atoms with Crippen LogP contribution in [0.1, 0.15) is 16.2 Å². The lowest BCUT2D eigenvalue weighted by Crippen LogP contribution is -2.26. The van der Waals surface area contributed by atoms with Gasteiger partial charge in [-0.15, -0.1) is 10.2 Å². The fourth-order valence-electron chi connectivity index (χ4n) is 2.61. The van der Waals surface area contributed by atoms with Crippen molar-refractivity contribution in [1.29, 1.82) is 0 Å². The maximum absolute atomic E-state index is 12.9. The molecule has 0 unspecified atom stereocenters. The molecule has 0 spiro atoms. The molecule has 0 saturated carbocycles. The average molecular weight is 525 g/mol. The molecule has 0 bridgehead atoms. The van der Waals surface area contributed by atoms with Crippen LogP contribution in [-0.4, -0.2) is 46.0 Å². The molecule has 1 amide bonds. The van der Waals surface area contributed by atoms with Gasteiger partial charge in [-0.1, -0.05) is 51.8 Å². The summed E-state index contributed by atoms with van der Waals surface area (Å²) >= 11 is 12.7. The van der Waals surface area contributed by atoms with E-state index in [0.717, 1.165) is 4.31 Å². The molecule has 0 aliphatic rings. The number of amides is 1. The molecular formula is C19H14Cl2N6O4S2. The van der Waals surface area contributed by atoms with Crippen LogP contribution in [-0.2, 0) is 16.6 Å². The Kier molecular flexibility index (Phi) is 6.72. The number of aromatic nitrogens is 4. The third kappa shape index (κ3) is 5.20. The molecule has 1 N–H and O–H groups in total. The highest BCUT2D eigenvalue weighted by molar-refractivity contribution is 7.91. The Bertz CT molecular complexity index is 1410. The largest absolute Gasteiger partial charge is 0.338 e. The van der Waals surface area contributed by atoms with E-state index in [-0.39, 0.29) is 27.7 Å². The second-order valence-electron chi connectivity index (χ2n) is 6.59. The van der Waals surface area contributed by atoms with Gasteiger partial charge in [-0.3, -0.25) is 10.1 Å². The summed E-state index contributed by atoms with van der Waals surface area (Å²) in [7, 11) is -2.69. The minimum Gasteiger partial charge on any atom is -0.338 e. The van der Waals surface area contributed by atoms with Crippen LogP contribution in [0.3, 0.4) is 0 Å². The number of carbonyl (C=O) groups excluding carboxylic acids is 1. The van der Waals surface area contributed by atoms with Gasteiger partial charge in [0.05, 0.1) is 11.6 Å². The quantitative estimate of drug-likeness (QED) is 0.359. The number of nitrogens with zero attached hydrogens (tertiary/aromatic N) is 5. The van der Waals surface area contributed by atoms with E-state index >= 15 is 0 Å². The van der Waals surface area contributed by atoms with Gasteiger partial charge in [0.1, 0.15) is 0 Å². The van der Waals surface area contributed by atoms with Crippen molar-refractivity contribution in [2.75, 3.05) is 12.4 Å². The van der Waals surface area contributed by atoms with E-state index in [2.05, 4.69) is 25.7 Å². The summed E-state index contributed by atoms with van der Waals surface area (Å²) < 4.78 is 31.6. The van der Waals surface area contributed by atoms with Crippen molar-refractivity contribution in [3.8, 4) is 11.4 Å². The molecule has 4 rings (SSSR count). The van der Waals surface area contributed by atoms with Crippen molar-refractivity contribution in [3.05, 3.63) is 70.0 Å². The second kappa shape index (κ2) is 9.53. The molecule has 0 radical (unpaired) electrons. The van der Waals surface area contributed by atoms with Gasteiger partial charge in [0.15, 0.2) is 0 Å². The van der Waals surface area contributed by atoms with Crippen LogP contribution >= 0.6 is 34.5 Å². The van der Waals surface area contributed by atoms with Crippen molar-refractivity contribution >= 4 is 55.6 Å². The maximum Gasteiger partial charge on any atom is 0.272 e. The highest BCUT2D eigenvalue weighted by Gasteiger charge is 2.28. The van der Waals surface area contributed by atoms with Gasteiger partial charge >= 0.3 is 0 Å². The van der Waals surface area contributed by atoms with E-state index in [0.29, 0.717) is 32.5 Å². The number of hydrogen-bond acceptors (Lipinski definition) is 9. The molecule has 0 atom stereocenters. The predicted octanol–water partition coefficient (Wildman–Crippen LogP) is 3.97. The fourth-order valence-corrected chi connectivity index (χ4v) is 5.16. The van der Waals surface area contributed by atoms with Crippen molar-refractivity contribution < 1.29 is 17.7 Å². The highest BCUT2D eigenvalue weighted by atomic mass is 35.5. The molecule has 0 saturated heterocycles. The fraction of sp³-hybridized carbons (Fsp3) is 0.105. The number of carbonyl (C=O) groups is 1. The predicted molar refractivity (Wildman–Crippen MR) is 123 cm³/mol. The van der Waals surface area contributed by atoms with Crippen molar-refractivity contribution in [3.63, 3.8) is 0 Å². The van der Waals surface area contributed by atoms with E-state index in [1.165, 1.54) is 19.2 Å². The van der Waals surface area contributed by atoms with Gasteiger partial charge in [0, 0.05) is 23.2 Å². The van der Waals surface area contributed by atoms with Crippen LogP contribution in [0.4, 0.5) is 5.13 Å². The molecule has 2 heterocycles.